The summed E-state index contributed by atoms with van der Waals surface area (Å²) in [5.41, 5.74) is 3.48. The van der Waals surface area contributed by atoms with Crippen molar-refractivity contribution in [2.24, 2.45) is 5.92 Å². The summed E-state index contributed by atoms with van der Waals surface area (Å²) in [7, 11) is 0. The third kappa shape index (κ3) is 4.91. The molecule has 8 heteroatoms. The van der Waals surface area contributed by atoms with Crippen LogP contribution in [0.3, 0.4) is 0 Å². The topological polar surface area (TPSA) is 50.1 Å². The molecule has 2 fully saturated rings. The number of aryl methyl sites for hydroxylation is 1. The van der Waals surface area contributed by atoms with E-state index in [2.05, 4.69) is 23.6 Å². The van der Waals surface area contributed by atoms with Crippen LogP contribution in [0.1, 0.15) is 64.3 Å². The zero-order valence-corrected chi connectivity index (χ0v) is 22.4. The number of rotatable bonds is 4. The fourth-order valence-corrected chi connectivity index (χ4v) is 5.96. The zero-order chi connectivity index (χ0) is 24.4. The lowest BCUT2D eigenvalue weighted by Crippen LogP contribution is -2.49. The van der Waals surface area contributed by atoms with Gasteiger partial charge in [-0.15, -0.1) is 0 Å². The normalized spacial score (nSPS) is 22.0. The van der Waals surface area contributed by atoms with E-state index in [-0.39, 0.29) is 6.04 Å². The van der Waals surface area contributed by atoms with Crippen LogP contribution in [0.25, 0.3) is 11.2 Å². The molecule has 2 aromatic heterocycles. The Labute approximate surface area is 213 Å². The minimum Gasteiger partial charge on any atom is -0.355 e. The second kappa shape index (κ2) is 10.8. The van der Waals surface area contributed by atoms with E-state index in [4.69, 9.17) is 38.3 Å². The van der Waals surface area contributed by atoms with E-state index >= 15 is 0 Å². The lowest BCUT2D eigenvalue weighted by Gasteiger charge is -2.41. The van der Waals surface area contributed by atoms with Crippen LogP contribution in [0.2, 0.25) is 10.0 Å². The van der Waals surface area contributed by atoms with Crippen LogP contribution in [0.4, 0.5) is 5.82 Å². The van der Waals surface area contributed by atoms with E-state index in [0.717, 1.165) is 41.3 Å². The van der Waals surface area contributed by atoms with Gasteiger partial charge in [-0.3, -0.25) is 4.90 Å². The maximum atomic E-state index is 6.49. The molecule has 184 valence electrons. The molecule has 0 radical (unpaired) electrons. The van der Waals surface area contributed by atoms with Crippen molar-refractivity contribution in [3.05, 3.63) is 45.7 Å². The summed E-state index contributed by atoms with van der Waals surface area (Å²) in [5.74, 6) is 1.54. The fourth-order valence-electron chi connectivity index (χ4n) is 5.39. The molecule has 0 saturated carbocycles. The maximum Gasteiger partial charge on any atom is 0.179 e. The van der Waals surface area contributed by atoms with Gasteiger partial charge in [-0.2, -0.15) is 5.10 Å². The number of hydrogen-bond acceptors (Lipinski definition) is 5. The number of piperidine rings is 1. The van der Waals surface area contributed by atoms with Gasteiger partial charge in [-0.25, -0.2) is 14.6 Å². The Morgan fingerprint density at radius 3 is 2.50 bits per heavy atom. The fraction of sp³-hybridized carbons (Fsp3) is 0.577. The van der Waals surface area contributed by atoms with Crippen LogP contribution < -0.4 is 4.90 Å². The molecule has 3 aromatic rings. The van der Waals surface area contributed by atoms with Crippen LogP contribution in [-0.2, 0) is 0 Å². The first-order valence-electron chi connectivity index (χ1n) is 12.6. The molecule has 0 aliphatic carbocycles. The van der Waals surface area contributed by atoms with Crippen molar-refractivity contribution in [1.82, 2.24) is 24.6 Å². The van der Waals surface area contributed by atoms with Crippen LogP contribution in [-0.4, -0.2) is 56.9 Å². The Morgan fingerprint density at radius 1 is 1.09 bits per heavy atom. The smallest absolute Gasteiger partial charge is 0.179 e. The van der Waals surface area contributed by atoms with E-state index in [1.165, 1.54) is 32.4 Å². The molecule has 6 nitrogen and oxygen atoms in total. The van der Waals surface area contributed by atoms with Gasteiger partial charge in [0.2, 0.25) is 0 Å². The summed E-state index contributed by atoms with van der Waals surface area (Å²) in [5, 5.41) is 6.03. The molecular weight excluding hydrogens is 467 g/mol. The predicted octanol–water partition coefficient (Wildman–Crippen LogP) is 6.39. The minimum atomic E-state index is -0.0830. The van der Waals surface area contributed by atoms with Crippen molar-refractivity contribution in [3.63, 3.8) is 0 Å². The van der Waals surface area contributed by atoms with Gasteiger partial charge >= 0.3 is 0 Å². The molecule has 1 aromatic carbocycles. The van der Waals surface area contributed by atoms with E-state index in [9.17, 15) is 0 Å². The van der Waals surface area contributed by atoms with Gasteiger partial charge in [-0.05, 0) is 69.8 Å². The Hall–Kier alpha value is -1.89. The second-order valence-electron chi connectivity index (χ2n) is 9.29. The van der Waals surface area contributed by atoms with E-state index < -0.39 is 0 Å². The number of nitrogens with zero attached hydrogens (tertiary/aromatic N) is 6. The van der Waals surface area contributed by atoms with Gasteiger partial charge in [0.1, 0.15) is 11.3 Å². The van der Waals surface area contributed by atoms with Gasteiger partial charge in [0.05, 0.1) is 17.9 Å². The zero-order valence-electron chi connectivity index (χ0n) is 20.9. The Kier molecular flexibility index (Phi) is 8.01. The largest absolute Gasteiger partial charge is 0.355 e. The summed E-state index contributed by atoms with van der Waals surface area (Å²) in [4.78, 5) is 14.9. The van der Waals surface area contributed by atoms with Crippen LogP contribution >= 0.6 is 23.2 Å². The second-order valence-corrected chi connectivity index (χ2v) is 10.1. The van der Waals surface area contributed by atoms with Crippen molar-refractivity contribution in [2.75, 3.05) is 31.1 Å². The molecule has 2 aliphatic rings. The summed E-state index contributed by atoms with van der Waals surface area (Å²) < 4.78 is 1.94. The number of benzene rings is 1. The van der Waals surface area contributed by atoms with Gasteiger partial charge in [0.15, 0.2) is 5.65 Å². The molecule has 2 unspecified atom stereocenters. The average molecular weight is 504 g/mol. The molecule has 3 atom stereocenters. The first kappa shape index (κ1) is 25.2. The Balaban J connectivity index is 0.00000133. The first-order chi connectivity index (χ1) is 16.4. The number of likely N-dealkylation sites (tertiary alicyclic amines) is 1. The highest BCUT2D eigenvalue weighted by Crippen LogP contribution is 2.32. The molecule has 0 spiro atoms. The summed E-state index contributed by atoms with van der Waals surface area (Å²) in [6.45, 7) is 15.0. The first-order valence-corrected chi connectivity index (χ1v) is 13.3. The van der Waals surface area contributed by atoms with Crippen molar-refractivity contribution in [3.8, 4) is 0 Å². The van der Waals surface area contributed by atoms with Gasteiger partial charge in [0, 0.05) is 29.2 Å². The molecule has 4 heterocycles. The van der Waals surface area contributed by atoms with E-state index in [0.29, 0.717) is 22.0 Å². The number of fused-ring (bicyclic) bond motifs is 1. The average Bonchev–Trinajstić information content (AvgIpc) is 3.48. The standard InChI is InChI=1S/C24H30Cl2N6.C2H6/c1-15-14-31(11-8-21(15)30-9-4-5-10-30)22-13-27-23-16(2)29-32(24(23)28-22)17(3)19-7-6-18(25)12-20(19)26;1-2/h6-7,12-13,15,17,21H,4-5,8-11,14H2,1-3H3;1-2H3/t15?,17-,21?;/m1./s1. The monoisotopic (exact) mass is 502 g/mol. The SMILES string of the molecule is CC.Cc1nn([C@H](C)c2ccc(Cl)cc2Cl)c2nc(N3CCC(N4CCCC4)C(C)C3)cnc12. The molecule has 5 rings (SSSR count). The van der Waals surface area contributed by atoms with Crippen molar-refractivity contribution >= 4 is 40.2 Å². The molecule has 34 heavy (non-hydrogen) atoms. The quantitative estimate of drug-likeness (QED) is 0.413. The van der Waals surface area contributed by atoms with E-state index in [1.54, 1.807) is 6.07 Å². The van der Waals surface area contributed by atoms with Gasteiger partial charge < -0.3 is 4.90 Å². The molecular formula is C26H36Cl2N6. The van der Waals surface area contributed by atoms with Crippen LogP contribution in [0.15, 0.2) is 24.4 Å². The number of anilines is 1. The molecule has 0 amide bonds. The van der Waals surface area contributed by atoms with Crippen molar-refractivity contribution < 1.29 is 0 Å². The summed E-state index contributed by atoms with van der Waals surface area (Å²) in [6, 6.07) is 6.20. The Morgan fingerprint density at radius 2 is 1.82 bits per heavy atom. The molecule has 2 aliphatic heterocycles. The molecule has 2 saturated heterocycles. The lowest BCUT2D eigenvalue weighted by atomic mass is 9.92. The highest BCUT2D eigenvalue weighted by Gasteiger charge is 2.32. The highest BCUT2D eigenvalue weighted by molar-refractivity contribution is 6.35. The molecule has 0 N–H and O–H groups in total. The number of hydrogen-bond donors (Lipinski definition) is 0. The summed E-state index contributed by atoms with van der Waals surface area (Å²) in [6.07, 6.45) is 5.77. The van der Waals surface area contributed by atoms with Crippen molar-refractivity contribution in [2.45, 2.75) is 66.0 Å². The highest BCUT2D eigenvalue weighted by atomic mass is 35.5. The number of halogens is 2. The van der Waals surface area contributed by atoms with Gasteiger partial charge in [-0.1, -0.05) is 50.0 Å². The Bertz CT molecular complexity index is 1120. The van der Waals surface area contributed by atoms with E-state index in [1.807, 2.05) is 43.8 Å². The van der Waals surface area contributed by atoms with Crippen LogP contribution in [0, 0.1) is 12.8 Å². The molecule has 0 bridgehead atoms. The predicted molar refractivity (Wildman–Crippen MR) is 142 cm³/mol. The third-order valence-corrected chi connectivity index (χ3v) is 7.69. The maximum absolute atomic E-state index is 6.49. The van der Waals surface area contributed by atoms with Gasteiger partial charge in [0.25, 0.3) is 0 Å². The summed E-state index contributed by atoms with van der Waals surface area (Å²) >= 11 is 12.6. The number of aromatic nitrogens is 4. The van der Waals surface area contributed by atoms with Crippen LogP contribution in [0.5, 0.6) is 0 Å². The lowest BCUT2D eigenvalue weighted by molar-refractivity contribution is 0.158. The minimum absolute atomic E-state index is 0.0830. The van der Waals surface area contributed by atoms with Crippen molar-refractivity contribution in [1.29, 1.82) is 0 Å². The third-order valence-electron chi connectivity index (χ3n) is 7.13.